The molecule has 7 nitrogen and oxygen atoms in total. The fraction of sp³-hybridized carbons (Fsp3) is 0.176. The molecule has 0 saturated heterocycles. The lowest BCUT2D eigenvalue weighted by Crippen LogP contribution is -2.46. The third-order valence-corrected chi connectivity index (χ3v) is 7.36. The van der Waals surface area contributed by atoms with Crippen molar-refractivity contribution in [1.82, 2.24) is 0 Å². The molecule has 0 aliphatic carbocycles. The second-order valence-electron chi connectivity index (χ2n) is 10.5. The van der Waals surface area contributed by atoms with Crippen molar-refractivity contribution in [2.24, 2.45) is 0 Å². The standard InChI is InChI=1S/C34H31N3O4/c1-23-12-16-26(17-13-23)35-31(39)20-34(21-32(40)36-27-18-14-24(2)15-19-27)28-10-6-7-11-29(28)37(33(34)41)22-30(38)25-8-4-3-5-9-25/h3-19H,20-22H2,1-2H3,(H,35,39)(H,36,40). The van der Waals surface area contributed by atoms with Gasteiger partial charge >= 0.3 is 0 Å². The Hall–Kier alpha value is -5.04. The molecule has 5 rings (SSSR count). The van der Waals surface area contributed by atoms with Gasteiger partial charge in [0.2, 0.25) is 17.7 Å². The Morgan fingerprint density at radius 1 is 0.659 bits per heavy atom. The number of nitrogens with zero attached hydrogens (tertiary/aromatic N) is 1. The number of hydrogen-bond acceptors (Lipinski definition) is 4. The summed E-state index contributed by atoms with van der Waals surface area (Å²) in [5.74, 6) is -1.51. The molecule has 0 unspecified atom stereocenters. The molecule has 1 aliphatic heterocycles. The van der Waals surface area contributed by atoms with Crippen molar-refractivity contribution in [3.63, 3.8) is 0 Å². The summed E-state index contributed by atoms with van der Waals surface area (Å²) in [5.41, 5.74) is 3.32. The highest BCUT2D eigenvalue weighted by molar-refractivity contribution is 6.16. The normalized spacial score (nSPS) is 13.4. The number of anilines is 3. The molecule has 0 saturated carbocycles. The number of hydrogen-bond donors (Lipinski definition) is 2. The molecule has 4 aromatic rings. The molecule has 0 atom stereocenters. The number of benzene rings is 4. The average molecular weight is 546 g/mol. The average Bonchev–Trinajstić information content (AvgIpc) is 3.18. The molecule has 0 fully saturated rings. The molecule has 3 amide bonds. The lowest BCUT2D eigenvalue weighted by Gasteiger charge is -2.28. The third-order valence-electron chi connectivity index (χ3n) is 7.36. The van der Waals surface area contributed by atoms with Crippen molar-refractivity contribution in [3.05, 3.63) is 125 Å². The largest absolute Gasteiger partial charge is 0.326 e. The van der Waals surface area contributed by atoms with Gasteiger partial charge in [0.05, 0.1) is 12.0 Å². The summed E-state index contributed by atoms with van der Waals surface area (Å²) in [4.78, 5) is 55.9. The van der Waals surface area contributed by atoms with Crippen LogP contribution in [0.5, 0.6) is 0 Å². The van der Waals surface area contributed by atoms with E-state index >= 15 is 0 Å². The Balaban J connectivity index is 1.49. The quantitative estimate of drug-likeness (QED) is 0.259. The van der Waals surface area contributed by atoms with E-state index in [1.54, 1.807) is 72.8 Å². The van der Waals surface area contributed by atoms with Crippen LogP contribution in [0.4, 0.5) is 17.1 Å². The van der Waals surface area contributed by atoms with Crippen molar-refractivity contribution >= 4 is 40.6 Å². The van der Waals surface area contributed by atoms with Crippen LogP contribution in [0.2, 0.25) is 0 Å². The Morgan fingerprint density at radius 3 is 1.68 bits per heavy atom. The predicted octanol–water partition coefficient (Wildman–Crippen LogP) is 5.83. The monoisotopic (exact) mass is 545 g/mol. The first-order valence-corrected chi connectivity index (χ1v) is 13.5. The summed E-state index contributed by atoms with van der Waals surface area (Å²) in [5, 5.41) is 5.75. The van der Waals surface area contributed by atoms with Crippen LogP contribution < -0.4 is 15.5 Å². The van der Waals surface area contributed by atoms with Crippen LogP contribution in [0.25, 0.3) is 0 Å². The van der Waals surface area contributed by atoms with Crippen LogP contribution in [-0.2, 0) is 19.8 Å². The van der Waals surface area contributed by atoms with E-state index in [2.05, 4.69) is 10.6 Å². The van der Waals surface area contributed by atoms with E-state index in [9.17, 15) is 19.2 Å². The summed E-state index contributed by atoms with van der Waals surface area (Å²) in [6, 6.07) is 30.5. The summed E-state index contributed by atoms with van der Waals surface area (Å²) >= 11 is 0. The van der Waals surface area contributed by atoms with E-state index in [1.165, 1.54) is 4.90 Å². The van der Waals surface area contributed by atoms with Gasteiger partial charge < -0.3 is 15.5 Å². The van der Waals surface area contributed by atoms with Gasteiger partial charge in [-0.2, -0.15) is 0 Å². The topological polar surface area (TPSA) is 95.6 Å². The molecule has 2 N–H and O–H groups in total. The number of aryl methyl sites for hydroxylation is 2. The lowest BCUT2D eigenvalue weighted by atomic mass is 9.75. The number of carbonyl (C=O) groups is 4. The molecule has 1 aliphatic rings. The molecule has 0 aromatic heterocycles. The first kappa shape index (κ1) is 27.5. The van der Waals surface area contributed by atoms with Crippen LogP contribution >= 0.6 is 0 Å². The highest BCUT2D eigenvalue weighted by Crippen LogP contribution is 2.46. The minimum atomic E-state index is -1.50. The van der Waals surface area contributed by atoms with Gasteiger partial charge in [-0.1, -0.05) is 83.9 Å². The van der Waals surface area contributed by atoms with Gasteiger partial charge in [0.25, 0.3) is 0 Å². The Bertz CT molecular complexity index is 1530. The van der Waals surface area contributed by atoms with E-state index in [0.717, 1.165) is 11.1 Å². The maximum atomic E-state index is 14.3. The maximum Gasteiger partial charge on any atom is 0.239 e. The smallest absolute Gasteiger partial charge is 0.239 e. The summed E-state index contributed by atoms with van der Waals surface area (Å²) in [6.07, 6.45) is -0.540. The van der Waals surface area contributed by atoms with Crippen LogP contribution in [0.15, 0.2) is 103 Å². The highest BCUT2D eigenvalue weighted by Gasteiger charge is 2.53. The van der Waals surface area contributed by atoms with Crippen LogP contribution in [-0.4, -0.2) is 30.0 Å². The van der Waals surface area contributed by atoms with Crippen LogP contribution in [0.1, 0.15) is 39.9 Å². The molecular formula is C34H31N3O4. The number of rotatable bonds is 9. The molecule has 4 aromatic carbocycles. The summed E-state index contributed by atoms with van der Waals surface area (Å²) in [7, 11) is 0. The molecular weight excluding hydrogens is 514 g/mol. The molecule has 206 valence electrons. The number of carbonyl (C=O) groups excluding carboxylic acids is 4. The second kappa shape index (κ2) is 11.6. The maximum absolute atomic E-state index is 14.3. The zero-order valence-electron chi connectivity index (χ0n) is 23.0. The minimum Gasteiger partial charge on any atom is -0.326 e. The third kappa shape index (κ3) is 5.94. The predicted molar refractivity (Wildman–Crippen MR) is 160 cm³/mol. The fourth-order valence-electron chi connectivity index (χ4n) is 5.25. The van der Waals surface area contributed by atoms with Crippen molar-refractivity contribution in [1.29, 1.82) is 0 Å². The molecule has 0 spiro atoms. The van der Waals surface area contributed by atoms with E-state index in [4.69, 9.17) is 0 Å². The minimum absolute atomic E-state index is 0.208. The molecule has 41 heavy (non-hydrogen) atoms. The van der Waals surface area contributed by atoms with E-state index < -0.39 is 23.1 Å². The first-order valence-electron chi connectivity index (χ1n) is 13.5. The van der Waals surface area contributed by atoms with Crippen LogP contribution in [0, 0.1) is 13.8 Å². The molecule has 7 heteroatoms. The summed E-state index contributed by atoms with van der Waals surface area (Å²) < 4.78 is 0. The Morgan fingerprint density at radius 2 is 1.15 bits per heavy atom. The molecule has 0 radical (unpaired) electrons. The zero-order chi connectivity index (χ0) is 29.0. The first-order chi connectivity index (χ1) is 19.7. The number of nitrogens with one attached hydrogen (secondary N) is 2. The summed E-state index contributed by atoms with van der Waals surface area (Å²) in [6.45, 7) is 3.69. The van der Waals surface area contributed by atoms with Crippen molar-refractivity contribution in [2.45, 2.75) is 32.1 Å². The molecule has 1 heterocycles. The Labute approximate surface area is 239 Å². The number of para-hydroxylation sites is 1. The van der Waals surface area contributed by atoms with Gasteiger partial charge in [0, 0.05) is 35.5 Å². The fourth-order valence-corrected chi connectivity index (χ4v) is 5.25. The SMILES string of the molecule is Cc1ccc(NC(=O)CC2(CC(=O)Nc3ccc(C)cc3)C(=O)N(CC(=O)c3ccccc3)c3ccccc32)cc1. The number of ketones is 1. The van der Waals surface area contributed by atoms with Gasteiger partial charge in [-0.05, 0) is 49.7 Å². The number of amides is 3. The van der Waals surface area contributed by atoms with Crippen molar-refractivity contribution in [3.8, 4) is 0 Å². The van der Waals surface area contributed by atoms with E-state index in [-0.39, 0.29) is 25.2 Å². The number of Topliss-reactive ketones (excluding diaryl/α,β-unsaturated/α-hetero) is 1. The van der Waals surface area contributed by atoms with Gasteiger partial charge in [-0.25, -0.2) is 0 Å². The number of fused-ring (bicyclic) bond motifs is 1. The van der Waals surface area contributed by atoms with Gasteiger partial charge in [0.1, 0.15) is 0 Å². The highest BCUT2D eigenvalue weighted by atomic mass is 16.2. The zero-order valence-corrected chi connectivity index (χ0v) is 23.0. The van der Waals surface area contributed by atoms with Crippen molar-refractivity contribution in [2.75, 3.05) is 22.1 Å². The van der Waals surface area contributed by atoms with Gasteiger partial charge in [-0.3, -0.25) is 19.2 Å². The lowest BCUT2D eigenvalue weighted by molar-refractivity contribution is -0.130. The van der Waals surface area contributed by atoms with Gasteiger partial charge in [0.15, 0.2) is 5.78 Å². The Kier molecular flexibility index (Phi) is 7.79. The van der Waals surface area contributed by atoms with E-state index in [1.807, 2.05) is 44.2 Å². The van der Waals surface area contributed by atoms with Gasteiger partial charge in [-0.15, -0.1) is 0 Å². The molecule has 0 bridgehead atoms. The van der Waals surface area contributed by atoms with Crippen molar-refractivity contribution < 1.29 is 19.2 Å². The van der Waals surface area contributed by atoms with Crippen LogP contribution in [0.3, 0.4) is 0 Å². The van der Waals surface area contributed by atoms with E-state index in [0.29, 0.717) is 28.2 Å². The second-order valence-corrected chi connectivity index (χ2v) is 10.5.